The molecule has 10 heteroatoms. The van der Waals surface area contributed by atoms with Crippen molar-refractivity contribution in [2.24, 2.45) is 5.92 Å². The molecular weight excluding hydrogens is 434 g/mol. The predicted molar refractivity (Wildman–Crippen MR) is 120 cm³/mol. The first-order chi connectivity index (χ1) is 15.2. The van der Waals surface area contributed by atoms with Gasteiger partial charge < -0.3 is 20.7 Å². The van der Waals surface area contributed by atoms with Crippen LogP contribution in [0.25, 0.3) is 0 Å². The van der Waals surface area contributed by atoms with E-state index in [1.165, 1.54) is 0 Å². The number of carbonyl (C=O) groups excluding carboxylic acids is 3. The van der Waals surface area contributed by atoms with Gasteiger partial charge in [0, 0.05) is 25.3 Å². The van der Waals surface area contributed by atoms with E-state index in [0.717, 1.165) is 43.9 Å². The van der Waals surface area contributed by atoms with Crippen LogP contribution in [0, 0.1) is 5.92 Å². The van der Waals surface area contributed by atoms with E-state index in [1.54, 1.807) is 12.1 Å². The summed E-state index contributed by atoms with van der Waals surface area (Å²) in [4.78, 5) is 36.8. The van der Waals surface area contributed by atoms with Crippen LogP contribution in [-0.2, 0) is 30.8 Å². The second-order valence-electron chi connectivity index (χ2n) is 8.09. The number of hydrogen-bond donors (Lipinski definition) is 3. The zero-order valence-electron chi connectivity index (χ0n) is 18.5. The quantitative estimate of drug-likeness (QED) is 0.423. The lowest BCUT2D eigenvalue weighted by atomic mass is 9.89. The van der Waals surface area contributed by atoms with E-state index in [9.17, 15) is 22.8 Å². The van der Waals surface area contributed by atoms with E-state index in [2.05, 4.69) is 16.0 Å². The standard InChI is InChI=1S/C22H33N3O6S/c1-32(29,30)15-12-19(25-22(28)31-16-17-8-4-2-5-9-17)21(27)24-14-13-23-20(26)18-10-6-3-7-11-18/h2,4-5,8-9,18-19H,3,6-7,10-16H2,1H3,(H,23,26)(H,24,27)(H,25,28). The number of benzene rings is 1. The molecule has 1 fully saturated rings. The van der Waals surface area contributed by atoms with Crippen LogP contribution in [0.1, 0.15) is 44.1 Å². The summed E-state index contributed by atoms with van der Waals surface area (Å²) in [5.74, 6) is -0.766. The molecule has 9 nitrogen and oxygen atoms in total. The number of carbonyl (C=O) groups is 3. The number of amides is 3. The third-order valence-corrected chi connectivity index (χ3v) is 6.28. The Labute approximate surface area is 189 Å². The first kappa shape index (κ1) is 25.6. The lowest BCUT2D eigenvalue weighted by Crippen LogP contribution is -2.49. The van der Waals surface area contributed by atoms with E-state index in [-0.39, 0.29) is 43.7 Å². The summed E-state index contributed by atoms with van der Waals surface area (Å²) < 4.78 is 28.2. The molecule has 1 aromatic carbocycles. The average molecular weight is 468 g/mol. The van der Waals surface area contributed by atoms with Crippen molar-refractivity contribution in [2.45, 2.75) is 51.2 Å². The molecule has 1 aliphatic carbocycles. The second-order valence-corrected chi connectivity index (χ2v) is 10.4. The van der Waals surface area contributed by atoms with Crippen LogP contribution in [0.2, 0.25) is 0 Å². The zero-order chi connectivity index (χ0) is 23.4. The normalized spacial score (nSPS) is 15.4. The first-order valence-corrected chi connectivity index (χ1v) is 13.0. The molecule has 178 valence electrons. The van der Waals surface area contributed by atoms with Crippen molar-refractivity contribution in [3.8, 4) is 0 Å². The van der Waals surface area contributed by atoms with Crippen molar-refractivity contribution in [2.75, 3.05) is 25.1 Å². The van der Waals surface area contributed by atoms with E-state index in [1.807, 2.05) is 18.2 Å². The third-order valence-electron chi connectivity index (χ3n) is 5.30. The molecule has 0 aliphatic heterocycles. The number of hydrogen-bond acceptors (Lipinski definition) is 6. The Kier molecular flexibility index (Phi) is 10.5. The van der Waals surface area contributed by atoms with Crippen molar-refractivity contribution >= 4 is 27.7 Å². The number of sulfone groups is 1. The summed E-state index contributed by atoms with van der Waals surface area (Å²) in [7, 11) is -3.32. The Balaban J connectivity index is 1.79. The fraction of sp³-hybridized carbons (Fsp3) is 0.591. The van der Waals surface area contributed by atoms with E-state index >= 15 is 0 Å². The van der Waals surface area contributed by atoms with Crippen molar-refractivity contribution in [1.29, 1.82) is 0 Å². The van der Waals surface area contributed by atoms with Crippen molar-refractivity contribution in [1.82, 2.24) is 16.0 Å². The molecule has 32 heavy (non-hydrogen) atoms. The lowest BCUT2D eigenvalue weighted by Gasteiger charge is -2.21. The van der Waals surface area contributed by atoms with E-state index in [0.29, 0.717) is 0 Å². The molecule has 2 rings (SSSR count). The van der Waals surface area contributed by atoms with Gasteiger partial charge in [-0.3, -0.25) is 9.59 Å². The highest BCUT2D eigenvalue weighted by atomic mass is 32.2. The monoisotopic (exact) mass is 467 g/mol. The molecule has 0 saturated heterocycles. The summed E-state index contributed by atoms with van der Waals surface area (Å²) in [6, 6.07) is 7.98. The molecule has 0 aromatic heterocycles. The molecule has 0 bridgehead atoms. The van der Waals surface area contributed by atoms with Gasteiger partial charge in [0.25, 0.3) is 0 Å². The Morgan fingerprint density at radius 1 is 1.03 bits per heavy atom. The van der Waals surface area contributed by atoms with Gasteiger partial charge in [-0.05, 0) is 24.8 Å². The van der Waals surface area contributed by atoms with Crippen LogP contribution in [-0.4, -0.2) is 57.5 Å². The smallest absolute Gasteiger partial charge is 0.408 e. The van der Waals surface area contributed by atoms with Crippen LogP contribution in [0.5, 0.6) is 0 Å². The molecule has 0 heterocycles. The van der Waals surface area contributed by atoms with Gasteiger partial charge in [0.05, 0.1) is 5.75 Å². The zero-order valence-corrected chi connectivity index (χ0v) is 19.3. The maximum absolute atomic E-state index is 12.5. The molecule has 1 aromatic rings. The minimum atomic E-state index is -3.32. The minimum Gasteiger partial charge on any atom is -0.445 e. The van der Waals surface area contributed by atoms with Gasteiger partial charge in [0.1, 0.15) is 22.5 Å². The Bertz CT molecular complexity index is 854. The summed E-state index contributed by atoms with van der Waals surface area (Å²) in [5.41, 5.74) is 0.786. The third kappa shape index (κ3) is 10.1. The number of nitrogens with one attached hydrogen (secondary N) is 3. The number of rotatable bonds is 11. The van der Waals surface area contributed by atoms with Gasteiger partial charge in [-0.15, -0.1) is 0 Å². The van der Waals surface area contributed by atoms with Gasteiger partial charge >= 0.3 is 6.09 Å². The van der Waals surface area contributed by atoms with Crippen LogP contribution in [0.3, 0.4) is 0 Å². The Morgan fingerprint density at radius 3 is 2.34 bits per heavy atom. The Morgan fingerprint density at radius 2 is 1.69 bits per heavy atom. The maximum Gasteiger partial charge on any atom is 0.408 e. The van der Waals surface area contributed by atoms with Gasteiger partial charge in [-0.25, -0.2) is 13.2 Å². The van der Waals surface area contributed by atoms with Crippen LogP contribution < -0.4 is 16.0 Å². The molecule has 0 radical (unpaired) electrons. The maximum atomic E-state index is 12.5. The lowest BCUT2D eigenvalue weighted by molar-refractivity contribution is -0.126. The molecule has 1 aliphatic rings. The van der Waals surface area contributed by atoms with Crippen molar-refractivity contribution in [3.63, 3.8) is 0 Å². The highest BCUT2D eigenvalue weighted by Gasteiger charge is 2.24. The van der Waals surface area contributed by atoms with Gasteiger partial charge in [0.2, 0.25) is 11.8 Å². The summed E-state index contributed by atoms with van der Waals surface area (Å²) in [6.45, 7) is 0.464. The van der Waals surface area contributed by atoms with Crippen molar-refractivity contribution < 1.29 is 27.5 Å². The predicted octanol–water partition coefficient (Wildman–Crippen LogP) is 1.53. The number of alkyl carbamates (subject to hydrolysis) is 1. The summed E-state index contributed by atoms with van der Waals surface area (Å²) >= 11 is 0. The molecule has 1 unspecified atom stereocenters. The Hall–Kier alpha value is -2.62. The van der Waals surface area contributed by atoms with E-state index in [4.69, 9.17) is 4.74 Å². The topological polar surface area (TPSA) is 131 Å². The molecule has 3 amide bonds. The fourth-order valence-electron chi connectivity index (χ4n) is 3.51. The summed E-state index contributed by atoms with van der Waals surface area (Å²) in [5, 5.41) is 7.89. The average Bonchev–Trinajstić information content (AvgIpc) is 2.78. The SMILES string of the molecule is CS(=O)(=O)CCC(NC(=O)OCc1ccccc1)C(=O)NCCNC(=O)C1CCCCC1. The summed E-state index contributed by atoms with van der Waals surface area (Å²) in [6.07, 6.45) is 5.23. The van der Waals surface area contributed by atoms with Gasteiger partial charge in [-0.2, -0.15) is 0 Å². The van der Waals surface area contributed by atoms with Crippen molar-refractivity contribution in [3.05, 3.63) is 35.9 Å². The molecule has 1 atom stereocenters. The minimum absolute atomic E-state index is 0.00445. The first-order valence-electron chi connectivity index (χ1n) is 10.9. The largest absolute Gasteiger partial charge is 0.445 e. The van der Waals surface area contributed by atoms with Crippen LogP contribution >= 0.6 is 0 Å². The number of ether oxygens (including phenoxy) is 1. The van der Waals surface area contributed by atoms with Gasteiger partial charge in [-0.1, -0.05) is 49.6 Å². The second kappa shape index (κ2) is 13.0. The fourth-order valence-corrected chi connectivity index (χ4v) is 4.18. The van der Waals surface area contributed by atoms with E-state index < -0.39 is 27.9 Å². The highest BCUT2D eigenvalue weighted by Crippen LogP contribution is 2.23. The van der Waals surface area contributed by atoms with Crippen LogP contribution in [0.4, 0.5) is 4.79 Å². The highest BCUT2D eigenvalue weighted by molar-refractivity contribution is 7.90. The molecule has 1 saturated carbocycles. The molecule has 0 spiro atoms. The molecular formula is C22H33N3O6S. The van der Waals surface area contributed by atoms with Gasteiger partial charge in [0.15, 0.2) is 0 Å². The molecule has 3 N–H and O–H groups in total. The van der Waals surface area contributed by atoms with Crippen LogP contribution in [0.15, 0.2) is 30.3 Å².